The summed E-state index contributed by atoms with van der Waals surface area (Å²) in [5.74, 6) is 0.114. The maximum absolute atomic E-state index is 12.9. The van der Waals surface area contributed by atoms with Crippen molar-refractivity contribution in [2.24, 2.45) is 0 Å². The van der Waals surface area contributed by atoms with E-state index in [0.717, 1.165) is 18.4 Å². The van der Waals surface area contributed by atoms with Crippen LogP contribution in [0.3, 0.4) is 0 Å². The highest BCUT2D eigenvalue weighted by atomic mass is 16.5. The van der Waals surface area contributed by atoms with Crippen LogP contribution in [0.25, 0.3) is 0 Å². The molecule has 172 valence electrons. The number of benzene rings is 1. The SMILES string of the molecule is CCO[C@H]1[C@H](NC(=O)c2ccco2)c2ccccc2C12CCN(C(=O)Cn1ccnc1)CC2. The highest BCUT2D eigenvalue weighted by molar-refractivity contribution is 5.91. The summed E-state index contributed by atoms with van der Waals surface area (Å²) in [6, 6.07) is 11.3. The van der Waals surface area contributed by atoms with Crippen LogP contribution >= 0.6 is 0 Å². The minimum atomic E-state index is -0.285. The highest BCUT2D eigenvalue weighted by Gasteiger charge is 2.54. The van der Waals surface area contributed by atoms with E-state index < -0.39 is 0 Å². The van der Waals surface area contributed by atoms with Crippen LogP contribution in [0.4, 0.5) is 0 Å². The molecule has 0 radical (unpaired) electrons. The van der Waals surface area contributed by atoms with Gasteiger partial charge in [-0.15, -0.1) is 0 Å². The van der Waals surface area contributed by atoms with E-state index in [0.29, 0.717) is 26.2 Å². The third kappa shape index (κ3) is 3.84. The molecule has 8 heteroatoms. The fourth-order valence-corrected chi connectivity index (χ4v) is 5.41. The standard InChI is InChI=1S/C25H28N4O4/c1-2-32-23-22(27-24(31)20-8-5-15-33-20)18-6-3-4-7-19(18)25(23)9-12-29(13-10-25)21(30)16-28-14-11-26-17-28/h3-8,11,14-15,17,22-23H,2,9-10,12-13,16H2,1H3,(H,27,31)/t22-,23+/m1/s1. The third-order valence-corrected chi connectivity index (χ3v) is 6.94. The number of rotatable bonds is 6. The number of piperidine rings is 1. The van der Waals surface area contributed by atoms with Crippen molar-refractivity contribution in [3.8, 4) is 0 Å². The third-order valence-electron chi connectivity index (χ3n) is 6.94. The molecule has 8 nitrogen and oxygen atoms in total. The number of furan rings is 1. The number of hydrogen-bond acceptors (Lipinski definition) is 5. The first-order valence-electron chi connectivity index (χ1n) is 11.4. The first-order valence-corrected chi connectivity index (χ1v) is 11.4. The molecule has 1 aliphatic carbocycles. The second-order valence-corrected chi connectivity index (χ2v) is 8.66. The van der Waals surface area contributed by atoms with E-state index in [2.05, 4.69) is 22.4 Å². The zero-order valence-electron chi connectivity index (χ0n) is 18.6. The zero-order valence-corrected chi connectivity index (χ0v) is 18.6. The average Bonchev–Trinajstić information content (AvgIpc) is 3.59. The van der Waals surface area contributed by atoms with Crippen molar-refractivity contribution < 1.29 is 18.7 Å². The highest BCUT2D eigenvalue weighted by Crippen LogP contribution is 2.52. The Labute approximate surface area is 192 Å². The zero-order chi connectivity index (χ0) is 22.8. The number of fused-ring (bicyclic) bond motifs is 2. The van der Waals surface area contributed by atoms with Gasteiger partial charge in [0.25, 0.3) is 5.91 Å². The van der Waals surface area contributed by atoms with Crippen molar-refractivity contribution in [3.63, 3.8) is 0 Å². The van der Waals surface area contributed by atoms with Crippen molar-refractivity contribution in [2.75, 3.05) is 19.7 Å². The molecule has 1 saturated heterocycles. The summed E-state index contributed by atoms with van der Waals surface area (Å²) in [4.78, 5) is 31.6. The Morgan fingerprint density at radius 3 is 2.73 bits per heavy atom. The number of nitrogens with one attached hydrogen (secondary N) is 1. The Morgan fingerprint density at radius 2 is 2.03 bits per heavy atom. The van der Waals surface area contributed by atoms with Gasteiger partial charge < -0.3 is 23.9 Å². The van der Waals surface area contributed by atoms with Crippen LogP contribution in [0.5, 0.6) is 0 Å². The maximum Gasteiger partial charge on any atom is 0.287 e. The van der Waals surface area contributed by atoms with E-state index in [9.17, 15) is 9.59 Å². The van der Waals surface area contributed by atoms with Crippen molar-refractivity contribution in [1.29, 1.82) is 0 Å². The van der Waals surface area contributed by atoms with Crippen LogP contribution in [-0.4, -0.2) is 52.1 Å². The predicted molar refractivity (Wildman–Crippen MR) is 120 cm³/mol. The van der Waals surface area contributed by atoms with Crippen molar-refractivity contribution in [2.45, 2.75) is 43.9 Å². The summed E-state index contributed by atoms with van der Waals surface area (Å²) in [7, 11) is 0. The molecule has 0 unspecified atom stereocenters. The number of amides is 2. The molecule has 2 aromatic heterocycles. The van der Waals surface area contributed by atoms with Crippen LogP contribution < -0.4 is 5.32 Å². The number of aromatic nitrogens is 2. The summed E-state index contributed by atoms with van der Waals surface area (Å²) < 4.78 is 13.4. The monoisotopic (exact) mass is 448 g/mol. The van der Waals surface area contributed by atoms with Gasteiger partial charge in [-0.25, -0.2) is 4.98 Å². The molecule has 0 saturated carbocycles. The Morgan fingerprint density at radius 1 is 1.21 bits per heavy atom. The molecule has 3 heterocycles. The Kier molecular flexibility index (Phi) is 5.76. The molecule has 3 aromatic rings. The maximum atomic E-state index is 12.9. The molecule has 0 bridgehead atoms. The minimum absolute atomic E-state index is 0.0877. The van der Waals surface area contributed by atoms with Gasteiger partial charge in [0, 0.05) is 37.5 Å². The van der Waals surface area contributed by atoms with Crippen molar-refractivity contribution in [3.05, 3.63) is 78.3 Å². The number of carbonyl (C=O) groups excluding carboxylic acids is 2. The van der Waals surface area contributed by atoms with E-state index in [1.54, 1.807) is 35.4 Å². The van der Waals surface area contributed by atoms with Gasteiger partial charge in [-0.2, -0.15) is 0 Å². The number of ether oxygens (including phenoxy) is 1. The lowest BCUT2D eigenvalue weighted by atomic mass is 9.71. The van der Waals surface area contributed by atoms with E-state index in [4.69, 9.17) is 9.15 Å². The van der Waals surface area contributed by atoms with Crippen LogP contribution in [0.15, 0.2) is 65.8 Å². The van der Waals surface area contributed by atoms with Gasteiger partial charge in [0.1, 0.15) is 6.54 Å². The largest absolute Gasteiger partial charge is 0.459 e. The number of nitrogens with zero attached hydrogens (tertiary/aromatic N) is 3. The Hall–Kier alpha value is -3.39. The lowest BCUT2D eigenvalue weighted by molar-refractivity contribution is -0.134. The van der Waals surface area contributed by atoms with Crippen LogP contribution in [-0.2, 0) is 21.5 Å². The summed E-state index contributed by atoms with van der Waals surface area (Å²) >= 11 is 0. The van der Waals surface area contributed by atoms with Crippen molar-refractivity contribution in [1.82, 2.24) is 19.8 Å². The summed E-state index contributed by atoms with van der Waals surface area (Å²) in [6.45, 7) is 4.09. The van der Waals surface area contributed by atoms with Gasteiger partial charge in [0.05, 0.1) is 24.7 Å². The normalized spacial score (nSPS) is 21.2. The van der Waals surface area contributed by atoms with Crippen LogP contribution in [0.2, 0.25) is 0 Å². The Bertz CT molecular complexity index is 1100. The fourth-order valence-electron chi connectivity index (χ4n) is 5.41. The molecule has 1 fully saturated rings. The second kappa shape index (κ2) is 8.86. The molecule has 1 aliphatic heterocycles. The lowest BCUT2D eigenvalue weighted by Crippen LogP contribution is -2.52. The molecule has 33 heavy (non-hydrogen) atoms. The van der Waals surface area contributed by atoms with Gasteiger partial charge in [0.15, 0.2) is 5.76 Å². The molecule has 5 rings (SSSR count). The quantitative estimate of drug-likeness (QED) is 0.626. The number of carbonyl (C=O) groups is 2. The number of likely N-dealkylation sites (tertiary alicyclic amines) is 1. The molecular formula is C25H28N4O4. The van der Waals surface area contributed by atoms with Gasteiger partial charge in [0.2, 0.25) is 5.91 Å². The molecule has 2 amide bonds. The lowest BCUT2D eigenvalue weighted by Gasteiger charge is -2.44. The molecule has 1 aromatic carbocycles. The molecule has 2 atom stereocenters. The van der Waals surface area contributed by atoms with E-state index in [-0.39, 0.29) is 35.1 Å². The van der Waals surface area contributed by atoms with E-state index >= 15 is 0 Å². The summed E-state index contributed by atoms with van der Waals surface area (Å²) in [5, 5.41) is 3.16. The molecule has 1 N–H and O–H groups in total. The summed E-state index contributed by atoms with van der Waals surface area (Å²) in [5.41, 5.74) is 2.02. The minimum Gasteiger partial charge on any atom is -0.459 e. The van der Waals surface area contributed by atoms with Gasteiger partial charge in [-0.1, -0.05) is 24.3 Å². The van der Waals surface area contributed by atoms with Gasteiger partial charge in [-0.05, 0) is 43.0 Å². The predicted octanol–water partition coefficient (Wildman–Crippen LogP) is 2.93. The van der Waals surface area contributed by atoms with Crippen LogP contribution in [0.1, 0.15) is 47.5 Å². The number of hydrogen-bond donors (Lipinski definition) is 1. The van der Waals surface area contributed by atoms with E-state index in [1.165, 1.54) is 11.8 Å². The Balaban J connectivity index is 1.39. The fraction of sp³-hybridized carbons (Fsp3) is 0.400. The smallest absolute Gasteiger partial charge is 0.287 e. The van der Waals surface area contributed by atoms with Gasteiger partial charge in [-0.3, -0.25) is 9.59 Å². The first kappa shape index (κ1) is 21.5. The van der Waals surface area contributed by atoms with Gasteiger partial charge >= 0.3 is 0 Å². The summed E-state index contributed by atoms with van der Waals surface area (Å²) in [6.07, 6.45) is 7.97. The van der Waals surface area contributed by atoms with Crippen LogP contribution in [0, 0.1) is 0 Å². The molecule has 2 aliphatic rings. The van der Waals surface area contributed by atoms with Crippen molar-refractivity contribution >= 4 is 11.8 Å². The molecular weight excluding hydrogens is 420 g/mol. The number of imidazole rings is 1. The molecule has 1 spiro atoms. The van der Waals surface area contributed by atoms with E-state index in [1.807, 2.05) is 24.0 Å². The average molecular weight is 449 g/mol. The first-order chi connectivity index (χ1) is 16.1. The second-order valence-electron chi connectivity index (χ2n) is 8.66. The topological polar surface area (TPSA) is 89.6 Å².